The van der Waals surface area contributed by atoms with Crippen LogP contribution in [0.2, 0.25) is 0 Å². The molecule has 1 aliphatic heterocycles. The van der Waals surface area contributed by atoms with Crippen molar-refractivity contribution < 1.29 is 13.9 Å². The molecule has 1 atom stereocenters. The number of benzene rings is 1. The topological polar surface area (TPSA) is 62.4 Å². The minimum Gasteiger partial charge on any atom is -0.380 e. The van der Waals surface area contributed by atoms with Crippen molar-refractivity contribution in [2.45, 2.75) is 6.42 Å². The summed E-state index contributed by atoms with van der Waals surface area (Å²) in [6.45, 7) is 4.04. The van der Waals surface area contributed by atoms with Gasteiger partial charge in [0.1, 0.15) is 5.82 Å². The van der Waals surface area contributed by atoms with Gasteiger partial charge in [-0.05, 0) is 18.1 Å². The van der Waals surface area contributed by atoms with E-state index in [-0.39, 0.29) is 17.8 Å². The predicted molar refractivity (Wildman–Crippen MR) is 78.7 cm³/mol. The summed E-state index contributed by atoms with van der Waals surface area (Å²) in [6, 6.07) is 6.37. The fourth-order valence-electron chi connectivity index (χ4n) is 2.20. The molecule has 0 bridgehead atoms. The minimum atomic E-state index is -0.235. The Hall–Kier alpha value is -1.66. The van der Waals surface area contributed by atoms with Gasteiger partial charge in [0.2, 0.25) is 0 Å². The van der Waals surface area contributed by atoms with Gasteiger partial charge in [0, 0.05) is 32.1 Å². The van der Waals surface area contributed by atoms with E-state index in [0.717, 1.165) is 13.1 Å². The maximum absolute atomic E-state index is 13.4. The Morgan fingerprint density at radius 3 is 3.10 bits per heavy atom. The van der Waals surface area contributed by atoms with Crippen LogP contribution in [-0.2, 0) is 11.2 Å². The smallest absolute Gasteiger partial charge is 0.314 e. The van der Waals surface area contributed by atoms with Gasteiger partial charge >= 0.3 is 6.03 Å². The molecule has 1 saturated heterocycles. The average molecular weight is 295 g/mol. The third-order valence-electron chi connectivity index (χ3n) is 3.40. The van der Waals surface area contributed by atoms with Crippen LogP contribution in [0.1, 0.15) is 5.56 Å². The Balaban J connectivity index is 1.62. The lowest BCUT2D eigenvalue weighted by Gasteiger charge is -2.15. The largest absolute Gasteiger partial charge is 0.380 e. The molecule has 21 heavy (non-hydrogen) atoms. The lowest BCUT2D eigenvalue weighted by molar-refractivity contribution is 0.123. The lowest BCUT2D eigenvalue weighted by atomic mass is 10.1. The van der Waals surface area contributed by atoms with Gasteiger partial charge in [-0.3, -0.25) is 0 Å². The van der Waals surface area contributed by atoms with E-state index < -0.39 is 0 Å². The van der Waals surface area contributed by atoms with E-state index >= 15 is 0 Å². The van der Waals surface area contributed by atoms with Crippen LogP contribution in [-0.4, -0.2) is 45.4 Å². The highest BCUT2D eigenvalue weighted by Gasteiger charge is 2.13. The molecule has 1 aromatic carbocycles. The van der Waals surface area contributed by atoms with Crippen LogP contribution in [0.25, 0.3) is 0 Å². The quantitative estimate of drug-likeness (QED) is 0.756. The number of hydrogen-bond donors (Lipinski definition) is 3. The summed E-state index contributed by atoms with van der Waals surface area (Å²) in [5.41, 5.74) is 0.610. The Bertz CT molecular complexity index is 448. The molecule has 0 aromatic heterocycles. The molecular weight excluding hydrogens is 273 g/mol. The van der Waals surface area contributed by atoms with Gasteiger partial charge in [-0.1, -0.05) is 18.2 Å². The van der Waals surface area contributed by atoms with Crippen LogP contribution in [0.5, 0.6) is 0 Å². The monoisotopic (exact) mass is 295 g/mol. The number of ether oxygens (including phenoxy) is 1. The van der Waals surface area contributed by atoms with Crippen LogP contribution in [0.3, 0.4) is 0 Å². The van der Waals surface area contributed by atoms with Gasteiger partial charge in [-0.2, -0.15) is 0 Å². The summed E-state index contributed by atoms with van der Waals surface area (Å²) in [7, 11) is 0. The molecule has 116 valence electrons. The van der Waals surface area contributed by atoms with E-state index in [0.29, 0.717) is 38.3 Å². The van der Waals surface area contributed by atoms with Gasteiger partial charge in [0.05, 0.1) is 13.2 Å². The summed E-state index contributed by atoms with van der Waals surface area (Å²) in [5, 5.41) is 8.81. The van der Waals surface area contributed by atoms with E-state index in [1.165, 1.54) is 6.07 Å². The second-order valence-electron chi connectivity index (χ2n) is 5.12. The minimum absolute atomic E-state index is 0.226. The Morgan fingerprint density at radius 2 is 2.24 bits per heavy atom. The van der Waals surface area contributed by atoms with Crippen molar-refractivity contribution in [2.24, 2.45) is 5.92 Å². The molecule has 6 heteroatoms. The molecule has 3 N–H and O–H groups in total. The first-order valence-electron chi connectivity index (χ1n) is 7.29. The fourth-order valence-corrected chi connectivity index (χ4v) is 2.20. The van der Waals surface area contributed by atoms with Crippen molar-refractivity contribution in [3.63, 3.8) is 0 Å². The SMILES string of the molecule is O=C(NCCc1ccccc1F)NCC1CNCCOC1. The van der Waals surface area contributed by atoms with Crippen LogP contribution < -0.4 is 16.0 Å². The van der Waals surface area contributed by atoms with Crippen LogP contribution >= 0.6 is 0 Å². The van der Waals surface area contributed by atoms with Gasteiger partial charge in [-0.15, -0.1) is 0 Å². The molecule has 0 radical (unpaired) electrons. The van der Waals surface area contributed by atoms with Crippen molar-refractivity contribution in [1.29, 1.82) is 0 Å². The number of rotatable bonds is 5. The molecular formula is C15H22FN3O2. The number of halogens is 1. The van der Waals surface area contributed by atoms with Crippen LogP contribution in [0, 0.1) is 11.7 Å². The number of carbonyl (C=O) groups is 1. The zero-order valence-corrected chi connectivity index (χ0v) is 12.0. The molecule has 1 unspecified atom stereocenters. The molecule has 2 rings (SSSR count). The molecule has 0 spiro atoms. The highest BCUT2D eigenvalue weighted by Crippen LogP contribution is 2.06. The Morgan fingerprint density at radius 1 is 1.38 bits per heavy atom. The maximum Gasteiger partial charge on any atom is 0.314 e. The van der Waals surface area contributed by atoms with Crippen molar-refractivity contribution in [3.05, 3.63) is 35.6 Å². The molecule has 0 saturated carbocycles. The molecule has 2 amide bonds. The summed E-state index contributed by atoms with van der Waals surface area (Å²) in [6.07, 6.45) is 0.480. The van der Waals surface area contributed by atoms with E-state index in [2.05, 4.69) is 16.0 Å². The Labute approximate surface area is 124 Å². The van der Waals surface area contributed by atoms with E-state index in [4.69, 9.17) is 4.74 Å². The van der Waals surface area contributed by atoms with E-state index in [1.807, 2.05) is 0 Å². The maximum atomic E-state index is 13.4. The standard InChI is InChI=1S/C15H22FN3O2/c16-14-4-2-1-3-13(14)5-6-18-15(20)19-10-12-9-17-7-8-21-11-12/h1-4,12,17H,5-11H2,(H2,18,19,20). The summed E-state index contributed by atoms with van der Waals surface area (Å²) >= 11 is 0. The molecule has 1 aromatic rings. The third kappa shape index (κ3) is 5.69. The van der Waals surface area contributed by atoms with Crippen LogP contribution in [0.15, 0.2) is 24.3 Å². The van der Waals surface area contributed by atoms with Gasteiger partial charge in [0.25, 0.3) is 0 Å². The summed E-state index contributed by atoms with van der Waals surface area (Å²) < 4.78 is 18.8. The highest BCUT2D eigenvalue weighted by atomic mass is 19.1. The number of urea groups is 1. The highest BCUT2D eigenvalue weighted by molar-refractivity contribution is 5.73. The summed E-state index contributed by atoms with van der Waals surface area (Å²) in [5.74, 6) is 0.0474. The fraction of sp³-hybridized carbons (Fsp3) is 0.533. The number of hydrogen-bond acceptors (Lipinski definition) is 3. The van der Waals surface area contributed by atoms with Crippen molar-refractivity contribution in [1.82, 2.24) is 16.0 Å². The second-order valence-corrected chi connectivity index (χ2v) is 5.12. The molecule has 1 aliphatic rings. The van der Waals surface area contributed by atoms with Crippen LogP contribution in [0.4, 0.5) is 9.18 Å². The van der Waals surface area contributed by atoms with E-state index in [1.54, 1.807) is 18.2 Å². The lowest BCUT2D eigenvalue weighted by Crippen LogP contribution is -2.41. The average Bonchev–Trinajstić information content (AvgIpc) is 2.76. The number of amides is 2. The zero-order chi connectivity index (χ0) is 14.9. The zero-order valence-electron chi connectivity index (χ0n) is 12.0. The Kier molecular flexibility index (Phi) is 6.43. The first-order valence-corrected chi connectivity index (χ1v) is 7.29. The van der Waals surface area contributed by atoms with Crippen molar-refractivity contribution >= 4 is 6.03 Å². The molecule has 1 heterocycles. The number of nitrogens with one attached hydrogen (secondary N) is 3. The normalized spacial score (nSPS) is 18.8. The third-order valence-corrected chi connectivity index (χ3v) is 3.40. The summed E-state index contributed by atoms with van der Waals surface area (Å²) in [4.78, 5) is 11.7. The first-order chi connectivity index (χ1) is 10.3. The predicted octanol–water partition coefficient (Wildman–Crippen LogP) is 0.903. The molecule has 5 nitrogen and oxygen atoms in total. The second kappa shape index (κ2) is 8.59. The van der Waals surface area contributed by atoms with Gasteiger partial charge in [-0.25, -0.2) is 9.18 Å². The number of carbonyl (C=O) groups excluding carboxylic acids is 1. The van der Waals surface area contributed by atoms with E-state index in [9.17, 15) is 9.18 Å². The van der Waals surface area contributed by atoms with Crippen molar-refractivity contribution in [3.8, 4) is 0 Å². The van der Waals surface area contributed by atoms with Gasteiger partial charge < -0.3 is 20.7 Å². The molecule has 0 aliphatic carbocycles. The molecule has 1 fully saturated rings. The first kappa shape index (κ1) is 15.7. The van der Waals surface area contributed by atoms with Gasteiger partial charge in [0.15, 0.2) is 0 Å². The van der Waals surface area contributed by atoms with Crippen molar-refractivity contribution in [2.75, 3.05) is 39.4 Å².